The molecule has 0 saturated heterocycles. The maximum absolute atomic E-state index is 11.7. The topological polar surface area (TPSA) is 139 Å². The van der Waals surface area contributed by atoms with Crippen molar-refractivity contribution in [1.29, 1.82) is 0 Å². The monoisotopic (exact) mass is 508 g/mol. The molecule has 0 heterocycles. The largest absolute Gasteiger partial charge is 1.00 e. The molecule has 0 aliphatic rings. The minimum Gasteiger partial charge on any atom is -0.744 e. The summed E-state index contributed by atoms with van der Waals surface area (Å²) in [5.74, 6) is -2.09. The van der Waals surface area contributed by atoms with Crippen LogP contribution >= 0.6 is 0 Å². The molecule has 0 aliphatic carbocycles. The quantitative estimate of drug-likeness (QED) is 0.0985. The van der Waals surface area contributed by atoms with Gasteiger partial charge in [-0.1, -0.05) is 51.5 Å². The average Bonchev–Trinajstić information content (AvgIpc) is 2.76. The first kappa shape index (κ1) is 32.6. The van der Waals surface area contributed by atoms with Crippen molar-refractivity contribution in [3.63, 3.8) is 0 Å². The van der Waals surface area contributed by atoms with Crippen molar-refractivity contribution in [2.24, 2.45) is 0 Å². The first-order valence-electron chi connectivity index (χ1n) is 11.1. The van der Waals surface area contributed by atoms with Crippen LogP contribution in [-0.4, -0.2) is 56.4 Å². The molecule has 0 aliphatic heterocycles. The minimum absolute atomic E-state index is 0. The van der Waals surface area contributed by atoms with Gasteiger partial charge in [0.2, 0.25) is 0 Å². The van der Waals surface area contributed by atoms with E-state index in [0.717, 1.165) is 30.9 Å². The van der Waals surface area contributed by atoms with Crippen LogP contribution in [0, 0.1) is 0 Å². The Morgan fingerprint density at radius 2 is 1.62 bits per heavy atom. The third-order valence-electron chi connectivity index (χ3n) is 4.67. The molecule has 1 aromatic carbocycles. The zero-order chi connectivity index (χ0) is 24.5. The predicted molar refractivity (Wildman–Crippen MR) is 120 cm³/mol. The van der Waals surface area contributed by atoms with E-state index >= 15 is 0 Å². The average molecular weight is 509 g/mol. The number of carboxylic acid groups (broad SMARTS) is 1. The molecule has 0 bridgehead atoms. The van der Waals surface area contributed by atoms with Crippen molar-refractivity contribution in [3.05, 3.63) is 35.9 Å². The summed E-state index contributed by atoms with van der Waals surface area (Å²) < 4.78 is 50.3. The van der Waals surface area contributed by atoms with Gasteiger partial charge in [-0.3, -0.25) is 0 Å². The van der Waals surface area contributed by atoms with Gasteiger partial charge in [0, 0.05) is 12.2 Å². The van der Waals surface area contributed by atoms with Crippen LogP contribution < -0.4 is 34.3 Å². The number of unbranched alkanes of at least 4 members (excludes halogenated alkanes) is 6. The molecule has 0 atom stereocenters. The molecule has 1 N–H and O–H groups in total. The van der Waals surface area contributed by atoms with E-state index in [2.05, 4.69) is 6.92 Å². The van der Waals surface area contributed by atoms with Crippen LogP contribution in [0.3, 0.4) is 0 Å². The van der Waals surface area contributed by atoms with Crippen LogP contribution in [0.2, 0.25) is 0 Å². The molecule has 11 heteroatoms. The Kier molecular flexibility index (Phi) is 18.0. The summed E-state index contributed by atoms with van der Waals surface area (Å²) in [4.78, 5) is 21.1. The third kappa shape index (κ3) is 15.5. The van der Waals surface area contributed by atoms with Crippen molar-refractivity contribution >= 4 is 22.1 Å². The smallest absolute Gasteiger partial charge is 0.744 e. The van der Waals surface area contributed by atoms with Crippen molar-refractivity contribution in [3.8, 4) is 5.75 Å². The molecule has 34 heavy (non-hydrogen) atoms. The van der Waals surface area contributed by atoms with Gasteiger partial charge in [0.05, 0.1) is 18.1 Å². The van der Waals surface area contributed by atoms with Crippen LogP contribution in [0.4, 0.5) is 0 Å². The van der Waals surface area contributed by atoms with Crippen molar-refractivity contribution in [1.82, 2.24) is 0 Å². The number of carbonyl (C=O) groups excluding carboxylic acids is 1. The van der Waals surface area contributed by atoms with Gasteiger partial charge >= 0.3 is 41.5 Å². The summed E-state index contributed by atoms with van der Waals surface area (Å²) >= 11 is 0. The minimum atomic E-state index is -4.70. The van der Waals surface area contributed by atoms with E-state index in [1.54, 1.807) is 6.07 Å². The van der Waals surface area contributed by atoms with E-state index in [0.29, 0.717) is 12.5 Å². The van der Waals surface area contributed by atoms with Gasteiger partial charge in [-0.15, -0.1) is 0 Å². The fraction of sp³-hybridized carbons (Fsp3) is 0.565. The number of carboxylic acids is 1. The zero-order valence-corrected chi connectivity index (χ0v) is 22.8. The number of benzene rings is 1. The molecule has 0 amide bonds. The second-order valence-electron chi connectivity index (χ2n) is 7.41. The van der Waals surface area contributed by atoms with Crippen molar-refractivity contribution in [2.75, 3.05) is 26.4 Å². The molecule has 1 aromatic rings. The number of aliphatic carboxylic acids is 1. The molecule has 0 spiro atoms. The summed E-state index contributed by atoms with van der Waals surface area (Å²) in [6.07, 6.45) is 10.2. The maximum atomic E-state index is 11.7. The van der Waals surface area contributed by atoms with Crippen LogP contribution in [0.15, 0.2) is 35.2 Å². The Morgan fingerprint density at radius 1 is 0.971 bits per heavy atom. The van der Waals surface area contributed by atoms with Gasteiger partial charge in [-0.25, -0.2) is 18.0 Å². The second-order valence-corrected chi connectivity index (χ2v) is 8.75. The van der Waals surface area contributed by atoms with E-state index in [4.69, 9.17) is 19.3 Å². The SMILES string of the molecule is CCCCCCCCCc1ccc(OCCOCCOC(=O)/C=C\C(=O)O)c(S(=O)(=O)[O-])c1.[Na+]. The van der Waals surface area contributed by atoms with Gasteiger partial charge in [-0.2, -0.15) is 0 Å². The Hall–Kier alpha value is -1.43. The third-order valence-corrected chi connectivity index (χ3v) is 5.52. The van der Waals surface area contributed by atoms with Gasteiger partial charge < -0.3 is 23.9 Å². The molecule has 0 saturated carbocycles. The summed E-state index contributed by atoms with van der Waals surface area (Å²) in [6, 6.07) is 4.61. The molecule has 0 unspecified atom stereocenters. The van der Waals surface area contributed by atoms with Crippen LogP contribution in [0.25, 0.3) is 0 Å². The van der Waals surface area contributed by atoms with Gasteiger partial charge in [0.15, 0.2) is 0 Å². The Balaban J connectivity index is 0.0000109. The van der Waals surface area contributed by atoms with Crippen molar-refractivity contribution in [2.45, 2.75) is 63.2 Å². The van der Waals surface area contributed by atoms with Gasteiger partial charge in [0.25, 0.3) is 0 Å². The number of carbonyl (C=O) groups is 2. The second kappa shape index (κ2) is 18.8. The number of rotatable bonds is 18. The van der Waals surface area contributed by atoms with Crippen LogP contribution in [-0.2, 0) is 35.6 Å². The maximum Gasteiger partial charge on any atom is 1.00 e. The zero-order valence-electron chi connectivity index (χ0n) is 20.0. The normalized spacial score (nSPS) is 11.2. The molecule has 0 aromatic heterocycles. The first-order valence-corrected chi connectivity index (χ1v) is 12.5. The summed E-state index contributed by atoms with van der Waals surface area (Å²) in [5.41, 5.74) is 0.778. The number of hydrogen-bond donors (Lipinski definition) is 1. The van der Waals surface area contributed by atoms with E-state index in [1.807, 2.05) is 0 Å². The Morgan fingerprint density at radius 3 is 2.26 bits per heavy atom. The van der Waals surface area contributed by atoms with E-state index in [9.17, 15) is 22.6 Å². The standard InChI is InChI=1S/C23H34O9S.Na/c1-2-3-4-5-6-7-8-9-19-10-11-20(21(18-19)33(27,28)29)31-16-14-30-15-17-32-23(26)13-12-22(24)25;/h10-13,18H,2-9,14-17H2,1H3,(H,24,25)(H,27,28,29);/q;+1/p-1/b13-12-;. The van der Waals surface area contributed by atoms with E-state index in [1.165, 1.54) is 37.8 Å². The van der Waals surface area contributed by atoms with Gasteiger partial charge in [0.1, 0.15) is 29.1 Å². The molecule has 0 fully saturated rings. The Bertz CT molecular complexity index is 869. The molecular formula is C23H33NaO9S. The molecule has 1 rings (SSSR count). The molecule has 9 nitrogen and oxygen atoms in total. The molecule has 0 radical (unpaired) electrons. The summed E-state index contributed by atoms with van der Waals surface area (Å²) in [7, 11) is -4.70. The number of esters is 1. The fourth-order valence-electron chi connectivity index (χ4n) is 3.01. The molecule has 186 valence electrons. The van der Waals surface area contributed by atoms with E-state index < -0.39 is 22.1 Å². The number of aryl methyl sites for hydroxylation is 1. The Labute approximate surface area is 223 Å². The summed E-state index contributed by atoms with van der Waals surface area (Å²) in [6.45, 7) is 2.19. The van der Waals surface area contributed by atoms with Crippen LogP contribution in [0.1, 0.15) is 57.4 Å². The van der Waals surface area contributed by atoms with Crippen LogP contribution in [0.5, 0.6) is 5.75 Å². The van der Waals surface area contributed by atoms with Crippen molar-refractivity contribution < 1.29 is 71.4 Å². The van der Waals surface area contributed by atoms with Gasteiger partial charge in [-0.05, 0) is 30.5 Å². The predicted octanol–water partition coefficient (Wildman–Crippen LogP) is 0.467. The first-order chi connectivity index (χ1) is 15.7. The van der Waals surface area contributed by atoms with E-state index in [-0.39, 0.29) is 66.6 Å². The molecular weight excluding hydrogens is 475 g/mol. The number of hydrogen-bond acceptors (Lipinski definition) is 8. The number of ether oxygens (including phenoxy) is 3. The summed E-state index contributed by atoms with van der Waals surface area (Å²) in [5, 5.41) is 8.40. The fourth-order valence-corrected chi connectivity index (χ4v) is 3.68.